The minimum atomic E-state index is -0.131. The second kappa shape index (κ2) is 5.52. The van der Waals surface area contributed by atoms with Gasteiger partial charge in [0.2, 0.25) is 5.88 Å². The summed E-state index contributed by atoms with van der Waals surface area (Å²) in [4.78, 5) is 16.2. The van der Waals surface area contributed by atoms with Crippen molar-refractivity contribution in [2.45, 2.75) is 13.8 Å². The fraction of sp³-hybridized carbons (Fsp3) is 0.200. The van der Waals surface area contributed by atoms with Crippen LogP contribution in [0.3, 0.4) is 0 Å². The lowest BCUT2D eigenvalue weighted by Gasteiger charge is -2.09. The molecule has 2 rings (SSSR count). The lowest BCUT2D eigenvalue weighted by Crippen LogP contribution is -2.14. The smallest absolute Gasteiger partial charge is 0.255 e. The number of benzene rings is 1. The summed E-state index contributed by atoms with van der Waals surface area (Å²) >= 11 is 0. The lowest BCUT2D eigenvalue weighted by atomic mass is 10.0. The summed E-state index contributed by atoms with van der Waals surface area (Å²) in [7, 11) is 1.55. The van der Waals surface area contributed by atoms with E-state index in [0.717, 1.165) is 11.1 Å². The zero-order valence-electron chi connectivity index (χ0n) is 11.2. The second-order valence-electron chi connectivity index (χ2n) is 4.29. The van der Waals surface area contributed by atoms with Crippen LogP contribution in [0.15, 0.2) is 36.5 Å². The first kappa shape index (κ1) is 13.1. The fourth-order valence-corrected chi connectivity index (χ4v) is 1.77. The molecule has 0 fully saturated rings. The SMILES string of the molecule is COc1ccc(NC(=O)c2cccc(C)c2C)cn1. The molecule has 0 spiro atoms. The van der Waals surface area contributed by atoms with Gasteiger partial charge in [0, 0.05) is 11.6 Å². The van der Waals surface area contributed by atoms with Crippen molar-refractivity contribution in [3.63, 3.8) is 0 Å². The Labute approximate surface area is 112 Å². The van der Waals surface area contributed by atoms with Crippen LogP contribution in [0.25, 0.3) is 0 Å². The maximum absolute atomic E-state index is 12.2. The van der Waals surface area contributed by atoms with Gasteiger partial charge in [0.1, 0.15) is 0 Å². The number of hydrogen-bond donors (Lipinski definition) is 1. The van der Waals surface area contributed by atoms with Gasteiger partial charge in [-0.15, -0.1) is 0 Å². The molecule has 4 heteroatoms. The Bertz CT molecular complexity index is 592. The van der Waals surface area contributed by atoms with Gasteiger partial charge in [-0.3, -0.25) is 4.79 Å². The quantitative estimate of drug-likeness (QED) is 0.918. The highest BCUT2D eigenvalue weighted by molar-refractivity contribution is 6.05. The van der Waals surface area contributed by atoms with Crippen LogP contribution in [0, 0.1) is 13.8 Å². The molecule has 0 bridgehead atoms. The zero-order valence-corrected chi connectivity index (χ0v) is 11.2. The molecule has 2 aromatic rings. The molecule has 1 N–H and O–H groups in total. The van der Waals surface area contributed by atoms with E-state index in [4.69, 9.17) is 4.74 Å². The van der Waals surface area contributed by atoms with Gasteiger partial charge in [0.05, 0.1) is 19.0 Å². The second-order valence-corrected chi connectivity index (χ2v) is 4.29. The monoisotopic (exact) mass is 256 g/mol. The first-order valence-corrected chi connectivity index (χ1v) is 5.99. The van der Waals surface area contributed by atoms with Gasteiger partial charge >= 0.3 is 0 Å². The number of nitrogens with one attached hydrogen (secondary N) is 1. The van der Waals surface area contributed by atoms with Crippen LogP contribution in [0.5, 0.6) is 5.88 Å². The van der Waals surface area contributed by atoms with Crippen molar-refractivity contribution < 1.29 is 9.53 Å². The molecule has 0 aliphatic rings. The molecule has 0 saturated carbocycles. The van der Waals surface area contributed by atoms with Gasteiger partial charge in [0.15, 0.2) is 0 Å². The average molecular weight is 256 g/mol. The Morgan fingerprint density at radius 1 is 1.21 bits per heavy atom. The maximum Gasteiger partial charge on any atom is 0.255 e. The number of methoxy groups -OCH3 is 1. The highest BCUT2D eigenvalue weighted by atomic mass is 16.5. The number of aromatic nitrogens is 1. The van der Waals surface area contributed by atoms with Gasteiger partial charge in [-0.2, -0.15) is 0 Å². The largest absolute Gasteiger partial charge is 0.481 e. The van der Waals surface area contributed by atoms with Crippen molar-refractivity contribution in [3.8, 4) is 5.88 Å². The molecule has 0 aliphatic heterocycles. The van der Waals surface area contributed by atoms with Crippen LogP contribution in [0.4, 0.5) is 5.69 Å². The molecule has 0 saturated heterocycles. The highest BCUT2D eigenvalue weighted by Crippen LogP contribution is 2.16. The normalized spacial score (nSPS) is 10.1. The Balaban J connectivity index is 2.18. The molecule has 0 radical (unpaired) electrons. The number of pyridine rings is 1. The van der Waals surface area contributed by atoms with E-state index in [1.165, 1.54) is 0 Å². The highest BCUT2D eigenvalue weighted by Gasteiger charge is 2.10. The van der Waals surface area contributed by atoms with Gasteiger partial charge in [-0.1, -0.05) is 12.1 Å². The van der Waals surface area contributed by atoms with Crippen molar-refractivity contribution >= 4 is 11.6 Å². The van der Waals surface area contributed by atoms with Crippen molar-refractivity contribution in [2.24, 2.45) is 0 Å². The molecule has 1 aromatic carbocycles. The predicted molar refractivity (Wildman–Crippen MR) is 74.7 cm³/mol. The summed E-state index contributed by atoms with van der Waals surface area (Å²) < 4.78 is 4.97. The van der Waals surface area contributed by atoms with E-state index in [9.17, 15) is 4.79 Å². The number of anilines is 1. The van der Waals surface area contributed by atoms with Crippen LogP contribution in [-0.2, 0) is 0 Å². The minimum absolute atomic E-state index is 0.131. The number of aryl methyl sites for hydroxylation is 1. The van der Waals surface area contributed by atoms with Gasteiger partial charge in [0.25, 0.3) is 5.91 Å². The number of ether oxygens (including phenoxy) is 1. The van der Waals surface area contributed by atoms with E-state index in [0.29, 0.717) is 17.1 Å². The van der Waals surface area contributed by atoms with Crippen LogP contribution >= 0.6 is 0 Å². The van der Waals surface area contributed by atoms with E-state index in [1.54, 1.807) is 25.4 Å². The summed E-state index contributed by atoms with van der Waals surface area (Å²) in [5.74, 6) is 0.387. The summed E-state index contributed by atoms with van der Waals surface area (Å²) in [5, 5.41) is 2.82. The number of rotatable bonds is 3. The first-order valence-electron chi connectivity index (χ1n) is 5.99. The third-order valence-corrected chi connectivity index (χ3v) is 3.05. The van der Waals surface area contributed by atoms with Crippen molar-refractivity contribution in [1.29, 1.82) is 0 Å². The molecule has 1 amide bonds. The van der Waals surface area contributed by atoms with Gasteiger partial charge in [-0.25, -0.2) is 4.98 Å². The Morgan fingerprint density at radius 2 is 2.00 bits per heavy atom. The third kappa shape index (κ3) is 2.91. The predicted octanol–water partition coefficient (Wildman–Crippen LogP) is 2.96. The molecular weight excluding hydrogens is 240 g/mol. The van der Waals surface area contributed by atoms with E-state index >= 15 is 0 Å². The molecule has 1 aromatic heterocycles. The maximum atomic E-state index is 12.2. The molecule has 98 valence electrons. The van der Waals surface area contributed by atoms with Gasteiger partial charge < -0.3 is 10.1 Å². The fourth-order valence-electron chi connectivity index (χ4n) is 1.77. The number of amides is 1. The van der Waals surface area contributed by atoms with E-state index in [1.807, 2.05) is 32.0 Å². The van der Waals surface area contributed by atoms with E-state index < -0.39 is 0 Å². The summed E-state index contributed by atoms with van der Waals surface area (Å²) in [6, 6.07) is 9.15. The van der Waals surface area contributed by atoms with Crippen LogP contribution in [0.1, 0.15) is 21.5 Å². The number of nitrogens with zero attached hydrogens (tertiary/aromatic N) is 1. The third-order valence-electron chi connectivity index (χ3n) is 3.05. The van der Waals surface area contributed by atoms with Crippen molar-refractivity contribution in [3.05, 3.63) is 53.2 Å². The Hall–Kier alpha value is -2.36. The first-order chi connectivity index (χ1) is 9.11. The summed E-state index contributed by atoms with van der Waals surface area (Å²) in [6.45, 7) is 3.93. The van der Waals surface area contributed by atoms with Crippen molar-refractivity contribution in [1.82, 2.24) is 4.98 Å². The zero-order chi connectivity index (χ0) is 13.8. The van der Waals surface area contributed by atoms with Crippen LogP contribution < -0.4 is 10.1 Å². The van der Waals surface area contributed by atoms with Crippen molar-refractivity contribution in [2.75, 3.05) is 12.4 Å². The van der Waals surface area contributed by atoms with E-state index in [-0.39, 0.29) is 5.91 Å². The van der Waals surface area contributed by atoms with E-state index in [2.05, 4.69) is 10.3 Å². The minimum Gasteiger partial charge on any atom is -0.481 e. The number of carbonyl (C=O) groups is 1. The Kier molecular flexibility index (Phi) is 3.80. The molecule has 0 unspecified atom stereocenters. The topological polar surface area (TPSA) is 51.2 Å². The van der Waals surface area contributed by atoms with Crippen LogP contribution in [0.2, 0.25) is 0 Å². The van der Waals surface area contributed by atoms with Crippen LogP contribution in [-0.4, -0.2) is 18.0 Å². The average Bonchev–Trinajstić information content (AvgIpc) is 2.42. The number of hydrogen-bond acceptors (Lipinski definition) is 3. The summed E-state index contributed by atoms with van der Waals surface area (Å²) in [6.07, 6.45) is 1.57. The molecule has 0 aliphatic carbocycles. The molecule has 0 atom stereocenters. The molecular formula is C15H16N2O2. The number of carbonyl (C=O) groups excluding carboxylic acids is 1. The molecule has 1 heterocycles. The summed E-state index contributed by atoms with van der Waals surface area (Å²) in [5.41, 5.74) is 3.41. The van der Waals surface area contributed by atoms with Gasteiger partial charge in [-0.05, 0) is 37.1 Å². The lowest BCUT2D eigenvalue weighted by molar-refractivity contribution is 0.102. The molecule has 4 nitrogen and oxygen atoms in total. The standard InChI is InChI=1S/C15H16N2O2/c1-10-5-4-6-13(11(10)2)15(18)17-12-7-8-14(19-3)16-9-12/h4-9H,1-3H3,(H,17,18). The Morgan fingerprint density at radius 3 is 2.63 bits per heavy atom. The molecule has 19 heavy (non-hydrogen) atoms.